The number of carbonyl (C=O) groups excluding carboxylic acids is 1. The zero-order chi connectivity index (χ0) is 17.5. The van der Waals surface area contributed by atoms with Crippen molar-refractivity contribution in [1.29, 1.82) is 0 Å². The highest BCUT2D eigenvalue weighted by atomic mass is 32.1. The van der Waals surface area contributed by atoms with Gasteiger partial charge in [0.15, 0.2) is 13.4 Å². The van der Waals surface area contributed by atoms with Crippen molar-refractivity contribution in [2.45, 2.75) is 57.8 Å². The lowest BCUT2D eigenvalue weighted by Crippen LogP contribution is -2.47. The number of anilines is 1. The fraction of sp³-hybridized carbons (Fsp3) is 0.750. The van der Waals surface area contributed by atoms with Gasteiger partial charge < -0.3 is 14.6 Å². The summed E-state index contributed by atoms with van der Waals surface area (Å²) in [6.07, 6.45) is 5.22. The van der Waals surface area contributed by atoms with Crippen LogP contribution >= 0.6 is 11.3 Å². The Bertz CT molecular complexity index is 452. The van der Waals surface area contributed by atoms with Crippen molar-refractivity contribution in [2.24, 2.45) is 0 Å². The molecule has 1 amide bonds. The second kappa shape index (κ2) is 8.80. The molecule has 0 aromatic carbocycles. The van der Waals surface area contributed by atoms with E-state index in [0.29, 0.717) is 17.6 Å². The lowest BCUT2D eigenvalue weighted by atomic mass is 10.1. The van der Waals surface area contributed by atoms with Gasteiger partial charge in [0.1, 0.15) is 0 Å². The van der Waals surface area contributed by atoms with E-state index in [0.717, 1.165) is 31.1 Å². The Morgan fingerprint density at radius 2 is 1.96 bits per heavy atom. The van der Waals surface area contributed by atoms with Crippen molar-refractivity contribution < 1.29 is 9.22 Å². The molecule has 2 rings (SSSR count). The highest BCUT2D eigenvalue weighted by Crippen LogP contribution is 2.38. The Kier molecular flexibility index (Phi) is 7.70. The van der Waals surface area contributed by atoms with E-state index in [1.54, 1.807) is 18.4 Å². The summed E-state index contributed by atoms with van der Waals surface area (Å²) < 4.78 is 6.50. The van der Waals surface area contributed by atoms with Crippen LogP contribution in [0, 0.1) is 0 Å². The predicted molar refractivity (Wildman–Crippen MR) is 101 cm³/mol. The maximum absolute atomic E-state index is 9.06. The van der Waals surface area contributed by atoms with Gasteiger partial charge in [0.2, 0.25) is 6.41 Å². The second-order valence-electron chi connectivity index (χ2n) is 7.29. The minimum atomic E-state index is -1.61. The van der Waals surface area contributed by atoms with Crippen LogP contribution in [0.4, 0.5) is 5.13 Å². The van der Waals surface area contributed by atoms with Gasteiger partial charge in [-0.05, 0) is 31.0 Å². The number of hydrogen-bond acceptors (Lipinski definition) is 5. The van der Waals surface area contributed by atoms with Gasteiger partial charge in [0.05, 0.1) is 0 Å². The van der Waals surface area contributed by atoms with Crippen LogP contribution in [0.5, 0.6) is 0 Å². The Hall–Kier alpha value is -0.923. The van der Waals surface area contributed by atoms with Crippen LogP contribution in [-0.2, 0) is 9.22 Å². The van der Waals surface area contributed by atoms with E-state index in [4.69, 9.17) is 9.22 Å². The quantitative estimate of drug-likeness (QED) is 0.662. The van der Waals surface area contributed by atoms with E-state index in [2.05, 4.69) is 49.1 Å². The molecule has 1 N–H and O–H groups in total. The molecule has 1 fully saturated rings. The highest BCUT2D eigenvalue weighted by molar-refractivity contribution is 7.13. The first-order valence-electron chi connectivity index (χ1n) is 8.14. The molecule has 0 aliphatic carbocycles. The first-order chi connectivity index (χ1) is 10.7. The van der Waals surface area contributed by atoms with Crippen molar-refractivity contribution in [3.8, 4) is 0 Å². The maximum atomic E-state index is 9.06. The predicted octanol–water partition coefficient (Wildman–Crippen LogP) is 3.50. The molecule has 1 aromatic rings. The first kappa shape index (κ1) is 20.1. The van der Waals surface area contributed by atoms with Crippen LogP contribution in [-0.4, -0.2) is 46.0 Å². The number of amides is 1. The monoisotopic (exact) mass is 357 g/mol. The standard InChI is InChI=1S/C14H26N2OSSi.C2H5NO/c1-14(2,3)19(4,5)17-12-6-9-16(10-7-12)13-15-8-11-18-13;1-3-2-4/h8,11-12H,6-7,9-10H2,1-5H3;2H,1H3,(H,3,4). The van der Waals surface area contributed by atoms with Crippen LogP contribution in [0.1, 0.15) is 33.6 Å². The smallest absolute Gasteiger partial charge is 0.206 e. The third-order valence-corrected chi connectivity index (χ3v) is 9.88. The number of thiazole rings is 1. The summed E-state index contributed by atoms with van der Waals surface area (Å²) in [7, 11) is -0.0496. The lowest BCUT2D eigenvalue weighted by Gasteiger charge is -2.41. The Labute approximate surface area is 145 Å². The van der Waals surface area contributed by atoms with Crippen molar-refractivity contribution in [3.05, 3.63) is 11.6 Å². The van der Waals surface area contributed by atoms with E-state index in [9.17, 15) is 0 Å². The van der Waals surface area contributed by atoms with Crippen LogP contribution in [0.25, 0.3) is 0 Å². The zero-order valence-corrected chi connectivity index (χ0v) is 17.1. The lowest BCUT2D eigenvalue weighted by molar-refractivity contribution is -0.109. The van der Waals surface area contributed by atoms with Gasteiger partial charge in [-0.15, -0.1) is 11.3 Å². The molecule has 1 aliphatic heterocycles. The van der Waals surface area contributed by atoms with E-state index in [1.807, 2.05) is 11.6 Å². The molecule has 0 bridgehead atoms. The normalized spacial score (nSPS) is 16.5. The molecule has 1 aliphatic rings. The number of nitrogens with one attached hydrogen (secondary N) is 1. The summed E-state index contributed by atoms with van der Waals surface area (Å²) in [5.74, 6) is 0. The highest BCUT2D eigenvalue weighted by Gasteiger charge is 2.39. The van der Waals surface area contributed by atoms with Gasteiger partial charge in [-0.3, -0.25) is 4.79 Å². The van der Waals surface area contributed by atoms with Gasteiger partial charge in [-0.1, -0.05) is 20.8 Å². The minimum absolute atomic E-state index is 0.305. The molecule has 7 heteroatoms. The molecular formula is C16H31N3O2SSi. The van der Waals surface area contributed by atoms with Crippen molar-refractivity contribution >= 4 is 31.2 Å². The number of aromatic nitrogens is 1. The van der Waals surface area contributed by atoms with Gasteiger partial charge >= 0.3 is 0 Å². The molecule has 0 unspecified atom stereocenters. The van der Waals surface area contributed by atoms with Gasteiger partial charge in [0, 0.05) is 37.8 Å². The Balaban J connectivity index is 0.000000593. The SMILES string of the molecule is CC(C)(C)[Si](C)(C)OC1CCN(c2nccs2)CC1.CNC=O. The maximum Gasteiger partial charge on any atom is 0.206 e. The zero-order valence-electron chi connectivity index (χ0n) is 15.3. The third kappa shape index (κ3) is 6.23. The van der Waals surface area contributed by atoms with Crippen LogP contribution < -0.4 is 10.2 Å². The Morgan fingerprint density at radius 3 is 2.35 bits per heavy atom. The number of carbonyl (C=O) groups is 1. The molecular weight excluding hydrogens is 326 g/mol. The third-order valence-electron chi connectivity index (χ3n) is 4.52. The molecule has 5 nitrogen and oxygen atoms in total. The number of piperidine rings is 1. The molecule has 0 atom stereocenters. The summed E-state index contributed by atoms with van der Waals surface area (Å²) in [4.78, 5) is 15.8. The fourth-order valence-corrected chi connectivity index (χ4v) is 4.25. The number of hydrogen-bond donors (Lipinski definition) is 1. The van der Waals surface area contributed by atoms with E-state index < -0.39 is 8.32 Å². The molecule has 1 saturated heterocycles. The van der Waals surface area contributed by atoms with Crippen LogP contribution in [0.3, 0.4) is 0 Å². The summed E-state index contributed by atoms with van der Waals surface area (Å²) in [6.45, 7) is 13.8. The first-order valence-corrected chi connectivity index (χ1v) is 11.9. The minimum Gasteiger partial charge on any atom is -0.414 e. The van der Waals surface area contributed by atoms with Crippen molar-refractivity contribution in [3.63, 3.8) is 0 Å². The van der Waals surface area contributed by atoms with E-state index >= 15 is 0 Å². The molecule has 132 valence electrons. The Morgan fingerprint density at radius 1 is 1.39 bits per heavy atom. The molecule has 0 saturated carbocycles. The van der Waals surface area contributed by atoms with Crippen LogP contribution in [0.2, 0.25) is 18.1 Å². The summed E-state index contributed by atoms with van der Waals surface area (Å²) in [6, 6.07) is 0. The number of nitrogens with zero attached hydrogens (tertiary/aromatic N) is 2. The number of rotatable bonds is 4. The average molecular weight is 358 g/mol. The molecule has 0 spiro atoms. The van der Waals surface area contributed by atoms with Crippen molar-refractivity contribution in [1.82, 2.24) is 10.3 Å². The topological polar surface area (TPSA) is 54.5 Å². The summed E-state index contributed by atoms with van der Waals surface area (Å²) >= 11 is 1.73. The second-order valence-corrected chi connectivity index (χ2v) is 12.9. The average Bonchev–Trinajstić information content (AvgIpc) is 3.01. The fourth-order valence-electron chi connectivity index (χ4n) is 2.13. The summed E-state index contributed by atoms with van der Waals surface area (Å²) in [5, 5.41) is 5.76. The largest absolute Gasteiger partial charge is 0.414 e. The molecule has 0 radical (unpaired) electrons. The van der Waals surface area contributed by atoms with Crippen LogP contribution in [0.15, 0.2) is 11.6 Å². The molecule has 1 aromatic heterocycles. The van der Waals surface area contributed by atoms with Gasteiger partial charge in [-0.25, -0.2) is 4.98 Å². The van der Waals surface area contributed by atoms with Gasteiger partial charge in [0.25, 0.3) is 0 Å². The van der Waals surface area contributed by atoms with Gasteiger partial charge in [-0.2, -0.15) is 0 Å². The summed E-state index contributed by atoms with van der Waals surface area (Å²) in [5.41, 5.74) is 0. The van der Waals surface area contributed by atoms with Crippen molar-refractivity contribution in [2.75, 3.05) is 25.0 Å². The van der Waals surface area contributed by atoms with E-state index in [-0.39, 0.29) is 0 Å². The molecule has 2 heterocycles. The molecule has 23 heavy (non-hydrogen) atoms. The van der Waals surface area contributed by atoms with E-state index in [1.165, 1.54) is 0 Å².